The Labute approximate surface area is 255 Å². The molecule has 3 aliphatic carbocycles. The van der Waals surface area contributed by atoms with Gasteiger partial charge in [-0.25, -0.2) is 0 Å². The highest BCUT2D eigenvalue weighted by atomic mass is 16.4. The van der Waals surface area contributed by atoms with Crippen LogP contribution in [0.3, 0.4) is 0 Å². The number of aliphatic hydroxyl groups excluding tert-OH is 2. The van der Waals surface area contributed by atoms with Crippen LogP contribution in [0.1, 0.15) is 28.7 Å². The number of likely N-dealkylation sites (N-methyl/N-ethyl adjacent to an activating group) is 1. The van der Waals surface area contributed by atoms with Gasteiger partial charge in [-0.2, -0.15) is 0 Å². The van der Waals surface area contributed by atoms with Crippen LogP contribution >= 0.6 is 0 Å². The fraction of sp³-hybridized carbons (Fsp3) is 0.406. The summed E-state index contributed by atoms with van der Waals surface area (Å²) in [6, 6.07) is 10.3. The van der Waals surface area contributed by atoms with Crippen molar-refractivity contribution in [2.24, 2.45) is 17.4 Å². The van der Waals surface area contributed by atoms with Gasteiger partial charge >= 0.3 is 0 Å². The third-order valence-electron chi connectivity index (χ3n) is 9.20. The van der Waals surface area contributed by atoms with E-state index >= 15 is 0 Å². The van der Waals surface area contributed by atoms with Gasteiger partial charge in [0, 0.05) is 37.5 Å². The lowest BCUT2D eigenvalue weighted by atomic mass is 9.53. The van der Waals surface area contributed by atoms with Crippen molar-refractivity contribution in [3.8, 4) is 5.75 Å². The number of rotatable bonds is 8. The zero-order valence-corrected chi connectivity index (χ0v) is 25.2. The number of primary amides is 1. The topological polar surface area (TPSA) is 203 Å². The van der Waals surface area contributed by atoms with Crippen LogP contribution in [0.4, 0.5) is 5.69 Å². The highest BCUT2D eigenvalue weighted by Gasteiger charge is 2.71. The van der Waals surface area contributed by atoms with Crippen molar-refractivity contribution in [3.05, 3.63) is 75.6 Å². The predicted molar refractivity (Wildman–Crippen MR) is 164 cm³/mol. The fourth-order valence-corrected chi connectivity index (χ4v) is 7.19. The number of carbonyl (C=O) groups is 3. The third kappa shape index (κ3) is 4.48. The molecule has 1 amide bonds. The number of hydrogen-bond donors (Lipinski definition) is 7. The van der Waals surface area contributed by atoms with E-state index in [0.717, 1.165) is 12.0 Å². The van der Waals surface area contributed by atoms with Crippen LogP contribution in [0.2, 0.25) is 0 Å². The average molecular weight is 606 g/mol. The van der Waals surface area contributed by atoms with Crippen molar-refractivity contribution in [1.82, 2.24) is 10.2 Å². The first-order valence-corrected chi connectivity index (χ1v) is 14.4. The largest absolute Gasteiger partial charge is 0.508 e. The van der Waals surface area contributed by atoms with Crippen LogP contribution in [0.15, 0.2) is 53.3 Å². The lowest BCUT2D eigenvalue weighted by molar-refractivity contribution is -0.157. The Kier molecular flexibility index (Phi) is 7.83. The number of anilines is 1. The molecule has 44 heavy (non-hydrogen) atoms. The van der Waals surface area contributed by atoms with Crippen molar-refractivity contribution in [2.75, 3.05) is 39.6 Å². The minimum atomic E-state index is -2.95. The first kappa shape index (κ1) is 31.2. The van der Waals surface area contributed by atoms with Crippen molar-refractivity contribution in [1.29, 1.82) is 0 Å². The average Bonchev–Trinajstić information content (AvgIpc) is 2.94. The number of amides is 1. The lowest BCUT2D eigenvalue weighted by Gasteiger charge is -2.56. The standard InChI is InChI=1S/C32H39N5O7/c1-36(2)20-13-18(15-35-11-10-16-8-6-5-7-9-16)24(38)22-19(20)12-17-14-31(34)27(37(3)4)26(40)23(30(33)43)29(42)32(31,44)28(41)21(17)25(22)39/h5-9,13,17,27,35,38-39,42,44H,10-12,14-15,34H2,1-4H3,(H2,33,43)/t17-,27?,31+,32-/m0/s1. The van der Waals surface area contributed by atoms with Crippen molar-refractivity contribution >= 4 is 28.9 Å². The lowest BCUT2D eigenvalue weighted by Crippen LogP contribution is -2.80. The number of phenolic OH excluding ortho intramolecular Hbond substituents is 1. The summed E-state index contributed by atoms with van der Waals surface area (Å²) < 4.78 is 0. The van der Waals surface area contributed by atoms with Gasteiger partial charge in [0.15, 0.2) is 11.5 Å². The fourth-order valence-electron chi connectivity index (χ4n) is 7.19. The van der Waals surface area contributed by atoms with Gasteiger partial charge in [-0.15, -0.1) is 0 Å². The number of benzene rings is 2. The second-order valence-electron chi connectivity index (χ2n) is 12.3. The molecule has 0 heterocycles. The summed E-state index contributed by atoms with van der Waals surface area (Å²) in [5, 5.41) is 49.5. The maximum absolute atomic E-state index is 14.2. The van der Waals surface area contributed by atoms with Crippen LogP contribution in [0.5, 0.6) is 5.75 Å². The Balaban J connectivity index is 1.61. The predicted octanol–water partition coefficient (Wildman–Crippen LogP) is 0.444. The SMILES string of the molecule is CN(C)c1cc(CNCCc2ccccc2)c(O)c2c1C[C@H]1C[C@@]3(N)C(N(C)C)C(=O)C(C(N)=O)=C(O)[C@@]3(O)C(=O)C1=C2O. The maximum Gasteiger partial charge on any atom is 0.255 e. The van der Waals surface area contributed by atoms with Crippen LogP contribution in [0, 0.1) is 5.92 Å². The molecule has 12 nitrogen and oxygen atoms in total. The number of Topliss-reactive ketones (excluding diaryl/α,β-unsaturated/α-hetero) is 2. The van der Waals surface area contributed by atoms with E-state index in [4.69, 9.17) is 11.5 Å². The van der Waals surface area contributed by atoms with Crippen molar-refractivity contribution in [2.45, 2.75) is 43.0 Å². The molecule has 0 bridgehead atoms. The summed E-state index contributed by atoms with van der Waals surface area (Å²) in [7, 11) is 6.64. The first-order chi connectivity index (χ1) is 20.7. The van der Waals surface area contributed by atoms with Crippen LogP contribution in [-0.2, 0) is 33.8 Å². The van der Waals surface area contributed by atoms with Crippen LogP contribution in [-0.4, -0.2) is 94.7 Å². The second-order valence-corrected chi connectivity index (χ2v) is 12.3. The van der Waals surface area contributed by atoms with Crippen molar-refractivity contribution < 1.29 is 34.8 Å². The molecular formula is C32H39N5O7. The normalized spacial score (nSPS) is 26.4. The van der Waals surface area contributed by atoms with Gasteiger partial charge in [0.2, 0.25) is 11.4 Å². The smallest absolute Gasteiger partial charge is 0.255 e. The Morgan fingerprint density at radius 2 is 1.75 bits per heavy atom. The first-order valence-electron chi connectivity index (χ1n) is 14.4. The van der Waals surface area contributed by atoms with E-state index in [-0.39, 0.29) is 36.3 Å². The minimum Gasteiger partial charge on any atom is -0.508 e. The number of aliphatic hydroxyl groups is 3. The van der Waals surface area contributed by atoms with Crippen molar-refractivity contribution in [3.63, 3.8) is 0 Å². The van der Waals surface area contributed by atoms with E-state index < -0.39 is 57.7 Å². The highest BCUT2D eigenvalue weighted by molar-refractivity contribution is 6.25. The number of nitrogens with two attached hydrogens (primary N) is 2. The Morgan fingerprint density at radius 1 is 1.09 bits per heavy atom. The van der Waals surface area contributed by atoms with E-state index in [1.54, 1.807) is 0 Å². The van der Waals surface area contributed by atoms with Crippen LogP contribution < -0.4 is 21.7 Å². The van der Waals surface area contributed by atoms with Gasteiger partial charge in [-0.3, -0.25) is 19.3 Å². The Bertz CT molecular complexity index is 1620. The number of carbonyl (C=O) groups excluding carboxylic acids is 3. The number of nitrogens with one attached hydrogen (secondary N) is 1. The molecule has 1 saturated carbocycles. The van der Waals surface area contributed by atoms with Gasteiger partial charge in [-0.05, 0) is 63.0 Å². The number of fused-ring (bicyclic) bond motifs is 3. The van der Waals surface area contributed by atoms with E-state index in [0.29, 0.717) is 23.4 Å². The Morgan fingerprint density at radius 3 is 2.34 bits per heavy atom. The molecule has 2 aromatic rings. The summed E-state index contributed by atoms with van der Waals surface area (Å²) in [6.45, 7) is 0.886. The molecule has 1 fully saturated rings. The third-order valence-corrected chi connectivity index (χ3v) is 9.20. The van der Waals surface area contributed by atoms with Gasteiger partial charge in [0.1, 0.15) is 17.1 Å². The number of aromatic hydroxyl groups is 1. The summed E-state index contributed by atoms with van der Waals surface area (Å²) in [5.74, 6) is -6.21. The van der Waals surface area contributed by atoms with E-state index in [1.165, 1.54) is 19.0 Å². The second kappa shape index (κ2) is 11.0. The maximum atomic E-state index is 14.2. The van der Waals surface area contributed by atoms with E-state index in [1.807, 2.05) is 55.4 Å². The molecule has 0 saturated heterocycles. The zero-order valence-electron chi connectivity index (χ0n) is 25.2. The molecule has 12 heteroatoms. The zero-order chi connectivity index (χ0) is 32.3. The molecule has 4 atom stereocenters. The summed E-state index contributed by atoms with van der Waals surface area (Å²) in [6.07, 6.45) is 0.688. The van der Waals surface area contributed by atoms with Crippen LogP contribution in [0.25, 0.3) is 5.76 Å². The number of hydrogen-bond acceptors (Lipinski definition) is 11. The molecule has 0 aromatic heterocycles. The number of ketones is 2. The van der Waals surface area contributed by atoms with Gasteiger partial charge in [0.25, 0.3) is 5.91 Å². The molecule has 0 aliphatic heterocycles. The highest BCUT2D eigenvalue weighted by Crippen LogP contribution is 2.54. The Hall–Kier alpha value is -4.23. The quantitative estimate of drug-likeness (QED) is 0.163. The molecule has 234 valence electrons. The van der Waals surface area contributed by atoms with Gasteiger partial charge in [0.05, 0.1) is 17.1 Å². The molecule has 1 unspecified atom stereocenters. The molecule has 0 radical (unpaired) electrons. The molecule has 5 rings (SSSR count). The summed E-state index contributed by atoms with van der Waals surface area (Å²) in [4.78, 5) is 43.1. The molecule has 0 spiro atoms. The monoisotopic (exact) mass is 605 g/mol. The molecule has 9 N–H and O–H groups in total. The molecular weight excluding hydrogens is 566 g/mol. The summed E-state index contributed by atoms with van der Waals surface area (Å²) >= 11 is 0. The number of phenols is 1. The summed E-state index contributed by atoms with van der Waals surface area (Å²) in [5.41, 5.74) is 8.90. The minimum absolute atomic E-state index is 0.0402. The molecule has 2 aromatic carbocycles. The van der Waals surface area contributed by atoms with E-state index in [2.05, 4.69) is 5.32 Å². The molecule has 3 aliphatic rings. The number of nitrogens with zero attached hydrogens (tertiary/aromatic N) is 2. The van der Waals surface area contributed by atoms with E-state index in [9.17, 15) is 34.8 Å². The van der Waals surface area contributed by atoms with Gasteiger partial charge < -0.3 is 42.1 Å². The van der Waals surface area contributed by atoms with Gasteiger partial charge in [-0.1, -0.05) is 30.3 Å².